The quantitative estimate of drug-likeness (QED) is 0.750. The lowest BCUT2D eigenvalue weighted by molar-refractivity contribution is -0.157. The number of piperidine rings is 3. The normalized spacial score (nSPS) is 29.1. The monoisotopic (exact) mass is 449 g/mol. The number of amides is 2. The summed E-state index contributed by atoms with van der Waals surface area (Å²) in [6.07, 6.45) is 7.57. The molecule has 0 aromatic carbocycles. The van der Waals surface area contributed by atoms with Crippen LogP contribution < -0.4 is 10.2 Å². The number of aryl methyl sites for hydroxylation is 2. The second kappa shape index (κ2) is 8.30. The molecule has 7 heteroatoms. The molecule has 4 atom stereocenters. The van der Waals surface area contributed by atoms with E-state index in [2.05, 4.69) is 16.3 Å². The van der Waals surface area contributed by atoms with Crippen molar-refractivity contribution in [2.45, 2.75) is 89.8 Å². The van der Waals surface area contributed by atoms with Gasteiger partial charge in [0, 0.05) is 42.7 Å². The first kappa shape index (κ1) is 22.2. The van der Waals surface area contributed by atoms with Gasteiger partial charge >= 0.3 is 0 Å². The zero-order valence-corrected chi connectivity index (χ0v) is 20.1. The molecule has 1 aromatic heterocycles. The number of nitrogens with zero attached hydrogens (tertiary/aromatic N) is 4. The molecule has 1 aromatic rings. The van der Waals surface area contributed by atoms with E-state index in [0.29, 0.717) is 24.4 Å². The summed E-state index contributed by atoms with van der Waals surface area (Å²) in [5, 5.41) is 13.1. The largest absolute Gasteiger partial charge is 0.355 e. The summed E-state index contributed by atoms with van der Waals surface area (Å²) in [6, 6.07) is 4.07. The average molecular weight is 450 g/mol. The Morgan fingerprint density at radius 1 is 1.15 bits per heavy atom. The lowest BCUT2D eigenvalue weighted by atomic mass is 9.71. The maximum Gasteiger partial charge on any atom is 0.243 e. The lowest BCUT2D eigenvalue weighted by Crippen LogP contribution is -2.69. The first-order valence-corrected chi connectivity index (χ1v) is 12.6. The number of carbonyl (C=O) groups excluding carboxylic acids is 2. The molecule has 176 valence electrons. The summed E-state index contributed by atoms with van der Waals surface area (Å²) in [6.45, 7) is 7.38. The zero-order valence-electron chi connectivity index (χ0n) is 20.1. The minimum Gasteiger partial charge on any atom is -0.355 e. The van der Waals surface area contributed by atoms with Gasteiger partial charge in [0.25, 0.3) is 0 Å². The molecule has 0 unspecified atom stereocenters. The Morgan fingerprint density at radius 3 is 2.67 bits per heavy atom. The smallest absolute Gasteiger partial charge is 0.243 e. The second-order valence-corrected chi connectivity index (χ2v) is 11.4. The van der Waals surface area contributed by atoms with E-state index in [4.69, 9.17) is 4.98 Å². The predicted octanol–water partition coefficient (Wildman–Crippen LogP) is 2.95. The third-order valence-corrected chi connectivity index (χ3v) is 7.81. The number of nitriles is 1. The molecule has 2 amide bonds. The number of rotatable bonds is 2. The number of pyridine rings is 1. The topological polar surface area (TPSA) is 89.3 Å². The number of hydrogen-bond acceptors (Lipinski definition) is 5. The van der Waals surface area contributed by atoms with E-state index >= 15 is 0 Å². The Bertz CT molecular complexity index is 1010. The molecule has 1 N–H and O–H groups in total. The van der Waals surface area contributed by atoms with Crippen molar-refractivity contribution < 1.29 is 9.59 Å². The van der Waals surface area contributed by atoms with Crippen molar-refractivity contribution >= 4 is 17.6 Å². The number of carbonyl (C=O) groups is 2. The van der Waals surface area contributed by atoms with Gasteiger partial charge in [-0.1, -0.05) is 0 Å². The van der Waals surface area contributed by atoms with Crippen LogP contribution in [0.1, 0.15) is 76.1 Å². The van der Waals surface area contributed by atoms with Crippen LogP contribution in [0.25, 0.3) is 0 Å². The predicted molar refractivity (Wildman–Crippen MR) is 126 cm³/mol. The summed E-state index contributed by atoms with van der Waals surface area (Å²) in [7, 11) is 0. The highest BCUT2D eigenvalue weighted by Crippen LogP contribution is 2.43. The van der Waals surface area contributed by atoms with E-state index in [1.165, 1.54) is 5.56 Å². The van der Waals surface area contributed by atoms with Gasteiger partial charge in [0.05, 0.1) is 5.56 Å². The zero-order chi connectivity index (χ0) is 23.3. The van der Waals surface area contributed by atoms with Crippen LogP contribution in [0.4, 0.5) is 5.82 Å². The fraction of sp³-hybridized carbons (Fsp3) is 0.692. The van der Waals surface area contributed by atoms with Crippen LogP contribution in [0.3, 0.4) is 0 Å². The molecule has 33 heavy (non-hydrogen) atoms. The van der Waals surface area contributed by atoms with Crippen molar-refractivity contribution in [3.05, 3.63) is 22.9 Å². The maximum absolute atomic E-state index is 13.5. The molecule has 3 aliphatic heterocycles. The highest BCUT2D eigenvalue weighted by Gasteiger charge is 2.52. The second-order valence-electron chi connectivity index (χ2n) is 11.4. The van der Waals surface area contributed by atoms with Crippen molar-refractivity contribution in [1.82, 2.24) is 15.2 Å². The van der Waals surface area contributed by atoms with Gasteiger partial charge < -0.3 is 15.1 Å². The molecule has 7 nitrogen and oxygen atoms in total. The molecule has 3 fully saturated rings. The van der Waals surface area contributed by atoms with Gasteiger partial charge in [-0.15, -0.1) is 0 Å². The number of hydrogen-bond donors (Lipinski definition) is 1. The summed E-state index contributed by atoms with van der Waals surface area (Å²) >= 11 is 0. The number of fused-ring (bicyclic) bond motifs is 5. The summed E-state index contributed by atoms with van der Waals surface area (Å²) in [4.78, 5) is 35.7. The van der Waals surface area contributed by atoms with Crippen LogP contribution >= 0.6 is 0 Å². The van der Waals surface area contributed by atoms with Gasteiger partial charge in [-0.05, 0) is 83.3 Å². The molecule has 0 saturated carbocycles. The van der Waals surface area contributed by atoms with Crippen molar-refractivity contribution in [2.75, 3.05) is 18.0 Å². The Hall–Kier alpha value is -2.62. The van der Waals surface area contributed by atoms with Gasteiger partial charge in [-0.2, -0.15) is 5.26 Å². The van der Waals surface area contributed by atoms with E-state index < -0.39 is 6.04 Å². The van der Waals surface area contributed by atoms with Crippen molar-refractivity contribution in [3.63, 3.8) is 0 Å². The van der Waals surface area contributed by atoms with Crippen LogP contribution in [0.15, 0.2) is 6.07 Å². The Morgan fingerprint density at radius 2 is 1.91 bits per heavy atom. The van der Waals surface area contributed by atoms with Crippen LogP contribution in [0.5, 0.6) is 0 Å². The number of anilines is 1. The molecule has 1 aliphatic carbocycles. The van der Waals surface area contributed by atoms with Gasteiger partial charge in [-0.25, -0.2) is 4.98 Å². The summed E-state index contributed by atoms with van der Waals surface area (Å²) in [5.74, 6) is 1.18. The van der Waals surface area contributed by atoms with Crippen molar-refractivity contribution in [2.24, 2.45) is 11.8 Å². The third-order valence-electron chi connectivity index (χ3n) is 7.81. The van der Waals surface area contributed by atoms with E-state index in [1.54, 1.807) is 0 Å². The fourth-order valence-electron chi connectivity index (χ4n) is 6.56. The first-order chi connectivity index (χ1) is 15.7. The molecule has 4 heterocycles. The van der Waals surface area contributed by atoms with E-state index in [0.717, 1.165) is 63.0 Å². The standard InChI is InChI=1S/C26H35N5O2/c1-26(2,3)29-25(33)23-19-12-18(21-9-6-10-22(32)31(21)23)14-30(15-19)24-17(13-27)11-16-7-4-5-8-20(16)28-24/h11,18-19,21,23H,4-10,12,14-15H2,1-3H3,(H,29,33)/t18-,19+,21+,23-/m1/s1. The maximum atomic E-state index is 13.5. The van der Waals surface area contributed by atoms with Crippen molar-refractivity contribution in [3.8, 4) is 6.07 Å². The molecular weight excluding hydrogens is 414 g/mol. The van der Waals surface area contributed by atoms with Gasteiger partial charge in [0.15, 0.2) is 0 Å². The van der Waals surface area contributed by atoms with Crippen molar-refractivity contribution in [1.29, 1.82) is 5.26 Å². The van der Waals surface area contributed by atoms with Gasteiger partial charge in [0.2, 0.25) is 11.8 Å². The molecule has 0 spiro atoms. The van der Waals surface area contributed by atoms with Gasteiger partial charge in [0.1, 0.15) is 17.9 Å². The molecular formula is C26H35N5O2. The van der Waals surface area contributed by atoms with Crippen LogP contribution in [0.2, 0.25) is 0 Å². The minimum atomic E-state index is -0.454. The Labute approximate surface area is 196 Å². The Balaban J connectivity index is 1.50. The summed E-state index contributed by atoms with van der Waals surface area (Å²) in [5.41, 5.74) is 2.63. The first-order valence-electron chi connectivity index (χ1n) is 12.6. The van der Waals surface area contributed by atoms with E-state index in [9.17, 15) is 14.9 Å². The van der Waals surface area contributed by atoms with Gasteiger partial charge in [-0.3, -0.25) is 9.59 Å². The Kier molecular flexibility index (Phi) is 5.58. The lowest BCUT2D eigenvalue weighted by Gasteiger charge is -2.56. The highest BCUT2D eigenvalue weighted by molar-refractivity contribution is 5.89. The molecule has 3 saturated heterocycles. The van der Waals surface area contributed by atoms with E-state index in [1.807, 2.05) is 31.7 Å². The number of aromatic nitrogens is 1. The minimum absolute atomic E-state index is 0.0359. The van der Waals surface area contributed by atoms with Crippen LogP contribution in [0, 0.1) is 23.2 Å². The highest BCUT2D eigenvalue weighted by atomic mass is 16.2. The molecule has 5 rings (SSSR count). The molecule has 0 radical (unpaired) electrons. The fourth-order valence-corrected chi connectivity index (χ4v) is 6.56. The van der Waals surface area contributed by atoms with Crippen LogP contribution in [-0.2, 0) is 22.4 Å². The average Bonchev–Trinajstić information content (AvgIpc) is 2.77. The van der Waals surface area contributed by atoms with Crippen LogP contribution in [-0.4, -0.2) is 52.4 Å². The summed E-state index contributed by atoms with van der Waals surface area (Å²) < 4.78 is 0. The molecule has 2 bridgehead atoms. The number of nitrogens with one attached hydrogen (secondary N) is 1. The van der Waals surface area contributed by atoms with E-state index in [-0.39, 0.29) is 29.3 Å². The third kappa shape index (κ3) is 4.09. The SMILES string of the molecule is CC(C)(C)NC(=O)[C@H]1[C@H]2C[C@H](CN(c3nc4c(cc3C#N)CCCC4)C2)[C@@H]2CCCC(=O)N21. The molecule has 4 aliphatic rings.